The van der Waals surface area contributed by atoms with Crippen molar-refractivity contribution in [1.82, 2.24) is 9.78 Å². The zero-order valence-electron chi connectivity index (χ0n) is 11.2. The van der Waals surface area contributed by atoms with E-state index in [4.69, 9.17) is 5.11 Å². The standard InChI is InChI=1S/C14H15N3O3/c1-9-8-11(4-5-12(9)14(19)20)16-13(18)10(2)17-7-3-6-15-17/h3-8,10H,1-2H3,(H,16,18)(H,19,20)/t10-/m1/s1. The first-order valence-electron chi connectivity index (χ1n) is 6.13. The van der Waals surface area contributed by atoms with E-state index in [-0.39, 0.29) is 11.5 Å². The highest BCUT2D eigenvalue weighted by Crippen LogP contribution is 2.16. The lowest BCUT2D eigenvalue weighted by Gasteiger charge is -2.13. The number of aryl methyl sites for hydroxylation is 1. The van der Waals surface area contributed by atoms with Crippen LogP contribution in [0.1, 0.15) is 28.9 Å². The number of carboxylic acids is 1. The third-order valence-electron chi connectivity index (χ3n) is 3.03. The van der Waals surface area contributed by atoms with Crippen molar-refractivity contribution >= 4 is 17.6 Å². The number of carbonyl (C=O) groups excluding carboxylic acids is 1. The van der Waals surface area contributed by atoms with Crippen LogP contribution in [0, 0.1) is 6.92 Å². The summed E-state index contributed by atoms with van der Waals surface area (Å²) in [5.74, 6) is -1.19. The van der Waals surface area contributed by atoms with Gasteiger partial charge < -0.3 is 10.4 Å². The van der Waals surface area contributed by atoms with Gasteiger partial charge in [0.2, 0.25) is 5.91 Å². The Morgan fingerprint density at radius 3 is 2.70 bits per heavy atom. The van der Waals surface area contributed by atoms with Gasteiger partial charge in [0, 0.05) is 18.1 Å². The second-order valence-electron chi connectivity index (χ2n) is 4.49. The number of carbonyl (C=O) groups is 2. The molecule has 0 radical (unpaired) electrons. The molecule has 0 bridgehead atoms. The molecule has 2 rings (SSSR count). The van der Waals surface area contributed by atoms with Crippen molar-refractivity contribution in [2.75, 3.05) is 5.32 Å². The fraction of sp³-hybridized carbons (Fsp3) is 0.214. The molecule has 2 aromatic rings. The lowest BCUT2D eigenvalue weighted by molar-refractivity contribution is -0.119. The molecule has 1 aromatic heterocycles. The molecular formula is C14H15N3O3. The van der Waals surface area contributed by atoms with Crippen LogP contribution in [-0.2, 0) is 4.79 Å². The molecule has 6 nitrogen and oxygen atoms in total. The molecule has 6 heteroatoms. The van der Waals surface area contributed by atoms with Crippen LogP contribution >= 0.6 is 0 Å². The van der Waals surface area contributed by atoms with Crippen molar-refractivity contribution in [3.8, 4) is 0 Å². The summed E-state index contributed by atoms with van der Waals surface area (Å²) in [7, 11) is 0. The van der Waals surface area contributed by atoms with E-state index in [0.717, 1.165) is 0 Å². The third kappa shape index (κ3) is 2.85. The van der Waals surface area contributed by atoms with Crippen molar-refractivity contribution in [2.24, 2.45) is 0 Å². The highest BCUT2D eigenvalue weighted by atomic mass is 16.4. The Balaban J connectivity index is 2.12. The van der Waals surface area contributed by atoms with E-state index in [0.29, 0.717) is 11.3 Å². The van der Waals surface area contributed by atoms with Gasteiger partial charge in [-0.3, -0.25) is 9.48 Å². The molecule has 0 aliphatic heterocycles. The van der Waals surface area contributed by atoms with Gasteiger partial charge in [-0.25, -0.2) is 4.79 Å². The first kappa shape index (κ1) is 13.8. The third-order valence-corrected chi connectivity index (χ3v) is 3.03. The predicted octanol–water partition coefficient (Wildman–Crippen LogP) is 2.09. The molecule has 2 N–H and O–H groups in total. The highest BCUT2D eigenvalue weighted by Gasteiger charge is 2.15. The van der Waals surface area contributed by atoms with Crippen LogP contribution in [0.15, 0.2) is 36.7 Å². The molecular weight excluding hydrogens is 258 g/mol. The number of hydrogen-bond donors (Lipinski definition) is 2. The summed E-state index contributed by atoms with van der Waals surface area (Å²) in [4.78, 5) is 23.0. The topological polar surface area (TPSA) is 84.2 Å². The SMILES string of the molecule is Cc1cc(NC(=O)[C@@H](C)n2cccn2)ccc1C(=O)O. The summed E-state index contributed by atoms with van der Waals surface area (Å²) in [6.45, 7) is 3.43. The van der Waals surface area contributed by atoms with E-state index < -0.39 is 12.0 Å². The molecule has 0 fully saturated rings. The van der Waals surface area contributed by atoms with Crippen LogP contribution in [0.3, 0.4) is 0 Å². The van der Waals surface area contributed by atoms with E-state index in [2.05, 4.69) is 10.4 Å². The van der Waals surface area contributed by atoms with Gasteiger partial charge in [0.05, 0.1) is 5.56 Å². The summed E-state index contributed by atoms with van der Waals surface area (Å²) >= 11 is 0. The number of nitrogens with one attached hydrogen (secondary N) is 1. The zero-order valence-corrected chi connectivity index (χ0v) is 11.2. The second kappa shape index (κ2) is 5.56. The van der Waals surface area contributed by atoms with Gasteiger partial charge >= 0.3 is 5.97 Å². The van der Waals surface area contributed by atoms with E-state index >= 15 is 0 Å². The quantitative estimate of drug-likeness (QED) is 0.893. The summed E-state index contributed by atoms with van der Waals surface area (Å²) in [5, 5.41) is 15.7. The number of nitrogens with zero attached hydrogens (tertiary/aromatic N) is 2. The first-order valence-corrected chi connectivity index (χ1v) is 6.13. The van der Waals surface area contributed by atoms with Gasteiger partial charge in [0.1, 0.15) is 6.04 Å². The fourth-order valence-corrected chi connectivity index (χ4v) is 1.86. The minimum Gasteiger partial charge on any atom is -0.478 e. The summed E-state index contributed by atoms with van der Waals surface area (Å²) in [6.07, 6.45) is 3.32. The molecule has 1 aromatic carbocycles. The van der Waals surface area contributed by atoms with Crippen molar-refractivity contribution in [3.05, 3.63) is 47.8 Å². The van der Waals surface area contributed by atoms with Crippen LogP contribution < -0.4 is 5.32 Å². The number of carboxylic acid groups (broad SMARTS) is 1. The van der Waals surface area contributed by atoms with E-state index in [1.165, 1.54) is 6.07 Å². The van der Waals surface area contributed by atoms with Gasteiger partial charge in [0.15, 0.2) is 0 Å². The summed E-state index contributed by atoms with van der Waals surface area (Å²) in [6, 6.07) is 5.99. The van der Waals surface area contributed by atoms with Crippen molar-refractivity contribution < 1.29 is 14.7 Å². The molecule has 104 valence electrons. The van der Waals surface area contributed by atoms with Gasteiger partial charge in [0.25, 0.3) is 0 Å². The molecule has 0 spiro atoms. The molecule has 20 heavy (non-hydrogen) atoms. The number of aromatic carboxylic acids is 1. The minimum absolute atomic E-state index is 0.212. The highest BCUT2D eigenvalue weighted by molar-refractivity contribution is 5.95. The van der Waals surface area contributed by atoms with Gasteiger partial charge in [-0.15, -0.1) is 0 Å². The normalized spacial score (nSPS) is 11.9. The van der Waals surface area contributed by atoms with Gasteiger partial charge in [-0.1, -0.05) is 0 Å². The largest absolute Gasteiger partial charge is 0.478 e. The van der Waals surface area contributed by atoms with Crippen LogP contribution in [0.25, 0.3) is 0 Å². The first-order chi connectivity index (χ1) is 9.49. The molecule has 0 unspecified atom stereocenters. The smallest absolute Gasteiger partial charge is 0.335 e. The molecule has 1 atom stereocenters. The molecule has 0 saturated carbocycles. The van der Waals surface area contributed by atoms with Crippen molar-refractivity contribution in [1.29, 1.82) is 0 Å². The molecule has 1 heterocycles. The maximum absolute atomic E-state index is 12.1. The zero-order chi connectivity index (χ0) is 14.7. The van der Waals surface area contributed by atoms with E-state index in [1.807, 2.05) is 0 Å². The number of rotatable bonds is 4. The Morgan fingerprint density at radius 2 is 2.15 bits per heavy atom. The summed E-state index contributed by atoms with van der Waals surface area (Å²) < 4.78 is 1.55. The Labute approximate surface area is 116 Å². The maximum Gasteiger partial charge on any atom is 0.335 e. The molecule has 1 amide bonds. The molecule has 0 aliphatic rings. The van der Waals surface area contributed by atoms with E-state index in [9.17, 15) is 9.59 Å². The number of hydrogen-bond acceptors (Lipinski definition) is 3. The molecule has 0 aliphatic carbocycles. The molecule has 0 saturated heterocycles. The van der Waals surface area contributed by atoms with Crippen molar-refractivity contribution in [3.63, 3.8) is 0 Å². The van der Waals surface area contributed by atoms with Crippen LogP contribution in [-0.4, -0.2) is 26.8 Å². The monoisotopic (exact) mass is 273 g/mol. The van der Waals surface area contributed by atoms with Crippen LogP contribution in [0.5, 0.6) is 0 Å². The van der Waals surface area contributed by atoms with Crippen LogP contribution in [0.2, 0.25) is 0 Å². The Morgan fingerprint density at radius 1 is 1.40 bits per heavy atom. The number of anilines is 1. The Hall–Kier alpha value is -2.63. The maximum atomic E-state index is 12.1. The number of aromatic nitrogens is 2. The van der Waals surface area contributed by atoms with Gasteiger partial charge in [-0.05, 0) is 43.7 Å². The fourth-order valence-electron chi connectivity index (χ4n) is 1.86. The Kier molecular flexibility index (Phi) is 3.84. The number of amides is 1. The average Bonchev–Trinajstić information content (AvgIpc) is 2.91. The lowest BCUT2D eigenvalue weighted by Crippen LogP contribution is -2.24. The van der Waals surface area contributed by atoms with Crippen LogP contribution in [0.4, 0.5) is 5.69 Å². The average molecular weight is 273 g/mol. The van der Waals surface area contributed by atoms with Crippen molar-refractivity contribution in [2.45, 2.75) is 19.9 Å². The predicted molar refractivity (Wildman–Crippen MR) is 73.7 cm³/mol. The lowest BCUT2D eigenvalue weighted by atomic mass is 10.1. The minimum atomic E-state index is -0.981. The Bertz CT molecular complexity index is 635. The van der Waals surface area contributed by atoms with E-state index in [1.54, 1.807) is 49.1 Å². The second-order valence-corrected chi connectivity index (χ2v) is 4.49. The number of benzene rings is 1. The summed E-state index contributed by atoms with van der Waals surface area (Å²) in [5.41, 5.74) is 1.39. The van der Waals surface area contributed by atoms with Gasteiger partial charge in [-0.2, -0.15) is 5.10 Å².